The Bertz CT molecular complexity index is 1190. The van der Waals surface area contributed by atoms with E-state index in [1.54, 1.807) is 12.3 Å². The normalized spacial score (nSPS) is 13.6. The smallest absolute Gasteiger partial charge is 0.271 e. The van der Waals surface area contributed by atoms with Crippen molar-refractivity contribution in [3.8, 4) is 11.5 Å². The first-order chi connectivity index (χ1) is 15.5. The molecule has 164 valence electrons. The molecule has 8 heteroatoms. The van der Waals surface area contributed by atoms with E-state index in [-0.39, 0.29) is 28.8 Å². The number of phenols is 1. The van der Waals surface area contributed by atoms with E-state index < -0.39 is 5.91 Å². The summed E-state index contributed by atoms with van der Waals surface area (Å²) in [7, 11) is 0. The van der Waals surface area contributed by atoms with Gasteiger partial charge in [0.1, 0.15) is 11.5 Å². The quantitative estimate of drug-likeness (QED) is 0.438. The van der Waals surface area contributed by atoms with Crippen LogP contribution in [0.2, 0.25) is 5.02 Å². The van der Waals surface area contributed by atoms with Gasteiger partial charge in [-0.3, -0.25) is 9.59 Å². The molecule has 1 saturated heterocycles. The first-order valence-electron chi connectivity index (χ1n) is 10.3. The molecule has 1 fully saturated rings. The number of likely N-dealkylation sites (tertiary alicyclic amines) is 1. The second kappa shape index (κ2) is 9.70. The van der Waals surface area contributed by atoms with Crippen LogP contribution in [0.15, 0.2) is 59.7 Å². The molecule has 0 bridgehead atoms. The highest BCUT2D eigenvalue weighted by molar-refractivity contribution is 6.32. The van der Waals surface area contributed by atoms with E-state index in [1.165, 1.54) is 18.2 Å². The Kier molecular flexibility index (Phi) is 6.56. The van der Waals surface area contributed by atoms with Crippen LogP contribution in [0.4, 0.5) is 0 Å². The fraction of sp³-hybridized carbons (Fsp3) is 0.208. The predicted octanol–water partition coefficient (Wildman–Crippen LogP) is 3.96. The second-order valence-corrected chi connectivity index (χ2v) is 7.85. The van der Waals surface area contributed by atoms with Gasteiger partial charge in [-0.05, 0) is 48.6 Å². The van der Waals surface area contributed by atoms with Crippen LogP contribution in [0.5, 0.6) is 11.5 Å². The maximum Gasteiger partial charge on any atom is 0.271 e. The summed E-state index contributed by atoms with van der Waals surface area (Å²) in [6, 6.07) is 15.4. The van der Waals surface area contributed by atoms with Crippen molar-refractivity contribution in [2.45, 2.75) is 12.8 Å². The van der Waals surface area contributed by atoms with Gasteiger partial charge in [-0.2, -0.15) is 5.10 Å². The highest BCUT2D eigenvalue weighted by Crippen LogP contribution is 2.28. The number of phenolic OH excluding ortho intramolecular Hbond substituents is 1. The van der Waals surface area contributed by atoms with E-state index in [2.05, 4.69) is 10.5 Å². The minimum atomic E-state index is -0.451. The molecule has 0 spiro atoms. The van der Waals surface area contributed by atoms with Crippen molar-refractivity contribution in [1.82, 2.24) is 10.3 Å². The molecule has 0 aromatic heterocycles. The zero-order chi connectivity index (χ0) is 22.5. The number of nitrogens with zero attached hydrogens (tertiary/aromatic N) is 2. The van der Waals surface area contributed by atoms with E-state index in [0.717, 1.165) is 42.3 Å². The number of ether oxygens (including phenoxy) is 1. The average molecular weight is 452 g/mol. The van der Waals surface area contributed by atoms with Gasteiger partial charge >= 0.3 is 0 Å². The van der Waals surface area contributed by atoms with Crippen molar-refractivity contribution < 1.29 is 19.4 Å². The highest BCUT2D eigenvalue weighted by Gasteiger charge is 2.18. The van der Waals surface area contributed by atoms with Crippen LogP contribution in [0.1, 0.15) is 28.8 Å². The lowest BCUT2D eigenvalue weighted by atomic mass is 10.0. The zero-order valence-electron chi connectivity index (χ0n) is 17.3. The van der Waals surface area contributed by atoms with Crippen LogP contribution in [0.3, 0.4) is 0 Å². The molecule has 7 nitrogen and oxygen atoms in total. The van der Waals surface area contributed by atoms with E-state index >= 15 is 0 Å². The monoisotopic (exact) mass is 451 g/mol. The van der Waals surface area contributed by atoms with Gasteiger partial charge in [0, 0.05) is 29.6 Å². The zero-order valence-corrected chi connectivity index (χ0v) is 18.0. The topological polar surface area (TPSA) is 91.2 Å². The van der Waals surface area contributed by atoms with E-state index in [4.69, 9.17) is 16.3 Å². The predicted molar refractivity (Wildman–Crippen MR) is 123 cm³/mol. The molecular formula is C24H22ClN3O4. The molecule has 1 aliphatic heterocycles. The Morgan fingerprint density at radius 3 is 2.59 bits per heavy atom. The van der Waals surface area contributed by atoms with Crippen molar-refractivity contribution in [1.29, 1.82) is 0 Å². The molecule has 4 rings (SSSR count). The number of fused-ring (bicyclic) bond motifs is 1. The first kappa shape index (κ1) is 21.6. The molecule has 1 heterocycles. The molecule has 32 heavy (non-hydrogen) atoms. The van der Waals surface area contributed by atoms with Gasteiger partial charge in [0.25, 0.3) is 11.8 Å². The number of hydrogen-bond acceptors (Lipinski definition) is 5. The third kappa shape index (κ3) is 4.84. The Labute approximate surface area is 190 Å². The number of carbonyl (C=O) groups is 2. The van der Waals surface area contributed by atoms with Crippen molar-refractivity contribution in [2.75, 3.05) is 19.7 Å². The van der Waals surface area contributed by atoms with Crippen molar-refractivity contribution in [3.63, 3.8) is 0 Å². The molecule has 0 aliphatic carbocycles. The highest BCUT2D eigenvalue weighted by atomic mass is 35.5. The Balaban J connectivity index is 1.47. The number of carbonyl (C=O) groups excluding carboxylic acids is 2. The largest absolute Gasteiger partial charge is 0.506 e. The average Bonchev–Trinajstić information content (AvgIpc) is 3.35. The molecule has 3 aromatic rings. The fourth-order valence-corrected chi connectivity index (χ4v) is 3.78. The lowest BCUT2D eigenvalue weighted by Gasteiger charge is -2.16. The van der Waals surface area contributed by atoms with Gasteiger partial charge in [-0.1, -0.05) is 35.9 Å². The molecule has 3 aromatic carbocycles. The van der Waals surface area contributed by atoms with Crippen LogP contribution in [0.25, 0.3) is 10.8 Å². The maximum atomic E-state index is 12.3. The lowest BCUT2D eigenvalue weighted by molar-refractivity contribution is -0.132. The fourth-order valence-electron chi connectivity index (χ4n) is 3.60. The van der Waals surface area contributed by atoms with Gasteiger partial charge in [0.2, 0.25) is 0 Å². The standard InChI is InChI=1S/C24H22ClN3O4/c25-20-13-16(7-9-21(20)29)24(31)27-26-14-17-8-10-22(19-6-2-1-5-18(17)19)32-15-23(30)28-11-3-4-12-28/h1-2,5-10,13-14,29H,3-4,11-12,15H2,(H,27,31)/b26-14+. The second-order valence-electron chi connectivity index (χ2n) is 7.44. The van der Waals surface area contributed by atoms with E-state index in [0.29, 0.717) is 5.75 Å². The Hall–Kier alpha value is -3.58. The molecule has 0 radical (unpaired) electrons. The van der Waals surface area contributed by atoms with Crippen LogP contribution in [-0.2, 0) is 4.79 Å². The number of nitrogens with one attached hydrogen (secondary N) is 1. The van der Waals surface area contributed by atoms with Crippen LogP contribution >= 0.6 is 11.6 Å². The van der Waals surface area contributed by atoms with E-state index in [1.807, 2.05) is 35.2 Å². The molecule has 0 saturated carbocycles. The van der Waals surface area contributed by atoms with Gasteiger partial charge in [0.05, 0.1) is 11.2 Å². The number of hydrogen-bond donors (Lipinski definition) is 2. The molecule has 0 unspecified atom stereocenters. The summed E-state index contributed by atoms with van der Waals surface area (Å²) < 4.78 is 5.83. The van der Waals surface area contributed by atoms with Gasteiger partial charge < -0.3 is 14.7 Å². The number of halogens is 1. The van der Waals surface area contributed by atoms with Crippen molar-refractivity contribution >= 4 is 40.4 Å². The third-order valence-electron chi connectivity index (χ3n) is 5.31. The van der Waals surface area contributed by atoms with Crippen molar-refractivity contribution in [3.05, 3.63) is 70.7 Å². The number of aromatic hydroxyl groups is 1. The summed E-state index contributed by atoms with van der Waals surface area (Å²) in [6.45, 7) is 1.59. The summed E-state index contributed by atoms with van der Waals surface area (Å²) >= 11 is 5.85. The first-order valence-corrected chi connectivity index (χ1v) is 10.6. The van der Waals surface area contributed by atoms with Crippen LogP contribution in [-0.4, -0.2) is 47.7 Å². The number of benzene rings is 3. The summed E-state index contributed by atoms with van der Waals surface area (Å²) in [5.74, 6) is 0.0674. The van der Waals surface area contributed by atoms with Gasteiger partial charge in [0.15, 0.2) is 6.61 Å². The number of amides is 2. The summed E-state index contributed by atoms with van der Waals surface area (Å²) in [4.78, 5) is 26.4. The summed E-state index contributed by atoms with van der Waals surface area (Å²) in [6.07, 6.45) is 3.62. The Morgan fingerprint density at radius 1 is 1.09 bits per heavy atom. The summed E-state index contributed by atoms with van der Waals surface area (Å²) in [5, 5.41) is 15.3. The molecule has 2 N–H and O–H groups in total. The number of hydrazone groups is 1. The van der Waals surface area contributed by atoms with Crippen LogP contribution < -0.4 is 10.2 Å². The van der Waals surface area contributed by atoms with Gasteiger partial charge in [-0.25, -0.2) is 5.43 Å². The summed E-state index contributed by atoms with van der Waals surface area (Å²) in [5.41, 5.74) is 3.51. The third-order valence-corrected chi connectivity index (χ3v) is 5.61. The Morgan fingerprint density at radius 2 is 1.84 bits per heavy atom. The molecule has 0 atom stereocenters. The van der Waals surface area contributed by atoms with Crippen LogP contribution in [0, 0.1) is 0 Å². The molecular weight excluding hydrogens is 430 g/mol. The molecule has 2 amide bonds. The van der Waals surface area contributed by atoms with E-state index in [9.17, 15) is 14.7 Å². The molecule has 1 aliphatic rings. The van der Waals surface area contributed by atoms with Gasteiger partial charge in [-0.15, -0.1) is 0 Å². The maximum absolute atomic E-state index is 12.3. The minimum absolute atomic E-state index is 0.00266. The number of rotatable bonds is 6. The van der Waals surface area contributed by atoms with Crippen molar-refractivity contribution in [2.24, 2.45) is 5.10 Å². The minimum Gasteiger partial charge on any atom is -0.506 e. The lowest BCUT2D eigenvalue weighted by Crippen LogP contribution is -2.32. The SMILES string of the molecule is O=C(N/N=C/c1ccc(OCC(=O)N2CCCC2)c2ccccc12)c1ccc(O)c(Cl)c1.